The highest BCUT2D eigenvalue weighted by Crippen LogP contribution is 2.31. The standard InChI is InChI=1S/C19H25N3O5S/c1-4-26-18(23)14-6-5-9-21(11-14)12-22-19(28)27-17(20-22)13-7-8-15(24-2)16(10-13)25-3/h7-8,10,14H,4-6,9,11-12H2,1-3H3/p+1/t14-/m0/s1. The van der Waals surface area contributed by atoms with E-state index in [1.165, 1.54) is 4.90 Å². The molecule has 2 heterocycles. The molecule has 0 spiro atoms. The summed E-state index contributed by atoms with van der Waals surface area (Å²) in [5.41, 5.74) is 0.751. The summed E-state index contributed by atoms with van der Waals surface area (Å²) in [4.78, 5) is 13.6. The van der Waals surface area contributed by atoms with Crippen LogP contribution in [0.1, 0.15) is 19.8 Å². The molecule has 28 heavy (non-hydrogen) atoms. The number of rotatable bonds is 7. The first kappa shape index (κ1) is 20.3. The molecule has 1 aliphatic rings. The average Bonchev–Trinajstić information content (AvgIpc) is 3.08. The van der Waals surface area contributed by atoms with Crippen LogP contribution in [0, 0.1) is 10.8 Å². The lowest BCUT2D eigenvalue weighted by Crippen LogP contribution is -3.13. The number of benzene rings is 1. The molecule has 1 aromatic carbocycles. The van der Waals surface area contributed by atoms with Gasteiger partial charge in [0.25, 0.3) is 4.84 Å². The Bertz CT molecular complexity index is 879. The molecule has 152 valence electrons. The molecule has 9 heteroatoms. The van der Waals surface area contributed by atoms with Crippen molar-refractivity contribution in [2.24, 2.45) is 5.92 Å². The van der Waals surface area contributed by atoms with E-state index in [0.717, 1.165) is 24.9 Å². The third-order valence-corrected chi connectivity index (χ3v) is 5.14. The zero-order chi connectivity index (χ0) is 20.1. The first-order chi connectivity index (χ1) is 13.5. The van der Waals surface area contributed by atoms with E-state index in [1.54, 1.807) is 31.0 Å². The monoisotopic (exact) mass is 408 g/mol. The van der Waals surface area contributed by atoms with Gasteiger partial charge in [0.05, 0.1) is 33.9 Å². The van der Waals surface area contributed by atoms with Gasteiger partial charge in [0, 0.05) is 5.56 Å². The van der Waals surface area contributed by atoms with Gasteiger partial charge in [0.1, 0.15) is 5.92 Å². The molecule has 1 aromatic heterocycles. The van der Waals surface area contributed by atoms with Crippen molar-refractivity contribution in [1.29, 1.82) is 0 Å². The van der Waals surface area contributed by atoms with Crippen LogP contribution in [0.5, 0.6) is 11.5 Å². The number of aromatic nitrogens is 2. The first-order valence-electron chi connectivity index (χ1n) is 9.36. The van der Waals surface area contributed by atoms with Crippen LogP contribution in [0.25, 0.3) is 11.5 Å². The van der Waals surface area contributed by atoms with E-state index >= 15 is 0 Å². The van der Waals surface area contributed by atoms with Crippen LogP contribution < -0.4 is 14.4 Å². The van der Waals surface area contributed by atoms with Crippen molar-refractivity contribution in [3.63, 3.8) is 0 Å². The number of quaternary nitrogens is 1. The fourth-order valence-corrected chi connectivity index (χ4v) is 3.64. The molecule has 1 saturated heterocycles. The van der Waals surface area contributed by atoms with E-state index in [2.05, 4.69) is 5.10 Å². The Kier molecular flexibility index (Phi) is 6.69. The van der Waals surface area contributed by atoms with Crippen molar-refractivity contribution in [3.8, 4) is 23.0 Å². The summed E-state index contributed by atoms with van der Waals surface area (Å²) in [7, 11) is 3.17. The smallest absolute Gasteiger partial charge is 0.314 e. The Morgan fingerprint density at radius 3 is 2.86 bits per heavy atom. The van der Waals surface area contributed by atoms with Gasteiger partial charge < -0.3 is 23.5 Å². The molecular formula is C19H26N3O5S+. The highest BCUT2D eigenvalue weighted by molar-refractivity contribution is 7.71. The summed E-state index contributed by atoms with van der Waals surface area (Å²) >= 11 is 5.35. The van der Waals surface area contributed by atoms with Crippen LogP contribution >= 0.6 is 12.2 Å². The number of piperidine rings is 1. The molecular weight excluding hydrogens is 382 g/mol. The maximum absolute atomic E-state index is 12.0. The maximum Gasteiger partial charge on any atom is 0.314 e. The number of methoxy groups -OCH3 is 2. The number of hydrogen-bond donors (Lipinski definition) is 1. The number of nitrogens with zero attached hydrogens (tertiary/aromatic N) is 2. The molecule has 3 rings (SSSR count). The van der Waals surface area contributed by atoms with Crippen molar-refractivity contribution in [1.82, 2.24) is 9.78 Å². The van der Waals surface area contributed by atoms with E-state index < -0.39 is 0 Å². The van der Waals surface area contributed by atoms with Crippen LogP contribution in [0.3, 0.4) is 0 Å². The number of carbonyl (C=O) groups is 1. The molecule has 0 bridgehead atoms. The molecule has 0 amide bonds. The highest BCUT2D eigenvalue weighted by Gasteiger charge is 2.30. The second kappa shape index (κ2) is 9.20. The van der Waals surface area contributed by atoms with Crippen molar-refractivity contribution in [2.45, 2.75) is 26.4 Å². The van der Waals surface area contributed by atoms with Crippen LogP contribution in [-0.2, 0) is 16.2 Å². The lowest BCUT2D eigenvalue weighted by Gasteiger charge is -2.28. The van der Waals surface area contributed by atoms with Crippen LogP contribution in [0.4, 0.5) is 0 Å². The maximum atomic E-state index is 12.0. The highest BCUT2D eigenvalue weighted by atomic mass is 32.1. The minimum atomic E-state index is -0.116. The van der Waals surface area contributed by atoms with Gasteiger partial charge in [-0.25, -0.2) is 0 Å². The third kappa shape index (κ3) is 4.53. The summed E-state index contributed by atoms with van der Waals surface area (Å²) in [6.45, 7) is 4.45. The zero-order valence-corrected chi connectivity index (χ0v) is 17.2. The van der Waals surface area contributed by atoms with Crippen LogP contribution in [-0.4, -0.2) is 49.7 Å². The largest absolute Gasteiger partial charge is 0.493 e. The van der Waals surface area contributed by atoms with Gasteiger partial charge >= 0.3 is 5.97 Å². The summed E-state index contributed by atoms with van der Waals surface area (Å²) in [5.74, 6) is 1.45. The average molecular weight is 409 g/mol. The molecule has 0 saturated carbocycles. The fourth-order valence-electron chi connectivity index (χ4n) is 3.46. The van der Waals surface area contributed by atoms with Crippen molar-refractivity contribution in [3.05, 3.63) is 23.0 Å². The molecule has 1 aliphatic heterocycles. The van der Waals surface area contributed by atoms with E-state index in [-0.39, 0.29) is 11.9 Å². The molecule has 2 atom stereocenters. The van der Waals surface area contributed by atoms with E-state index in [4.69, 9.17) is 30.8 Å². The molecule has 2 aromatic rings. The minimum Gasteiger partial charge on any atom is -0.493 e. The number of carbonyl (C=O) groups excluding carboxylic acids is 1. The van der Waals surface area contributed by atoms with E-state index in [0.29, 0.717) is 42.0 Å². The molecule has 0 radical (unpaired) electrons. The third-order valence-electron chi connectivity index (χ3n) is 4.85. The Morgan fingerprint density at radius 1 is 1.36 bits per heavy atom. The first-order valence-corrected chi connectivity index (χ1v) is 9.77. The number of nitrogens with one attached hydrogen (secondary N) is 1. The van der Waals surface area contributed by atoms with Gasteiger partial charge in [-0.1, -0.05) is 0 Å². The molecule has 8 nitrogen and oxygen atoms in total. The number of esters is 1. The topological polar surface area (TPSA) is 80.2 Å². The van der Waals surface area contributed by atoms with Gasteiger partial charge in [-0.05, 0) is 50.2 Å². The Morgan fingerprint density at radius 2 is 2.14 bits per heavy atom. The number of likely N-dealkylation sites (tertiary alicyclic amines) is 1. The van der Waals surface area contributed by atoms with E-state index in [1.807, 2.05) is 13.0 Å². The van der Waals surface area contributed by atoms with E-state index in [9.17, 15) is 4.79 Å². The lowest BCUT2D eigenvalue weighted by molar-refractivity contribution is -0.930. The number of hydrogen-bond acceptors (Lipinski definition) is 7. The van der Waals surface area contributed by atoms with Crippen LogP contribution in [0.2, 0.25) is 0 Å². The normalized spacial score (nSPS) is 19.2. The van der Waals surface area contributed by atoms with Gasteiger partial charge in [-0.3, -0.25) is 4.79 Å². The van der Waals surface area contributed by atoms with Gasteiger partial charge in [0.2, 0.25) is 5.89 Å². The van der Waals surface area contributed by atoms with Gasteiger partial charge in [0.15, 0.2) is 18.2 Å². The van der Waals surface area contributed by atoms with Crippen molar-refractivity contribution < 1.29 is 28.3 Å². The summed E-state index contributed by atoms with van der Waals surface area (Å²) < 4.78 is 23.1. The minimum absolute atomic E-state index is 0.0740. The summed E-state index contributed by atoms with van der Waals surface area (Å²) in [6, 6.07) is 5.44. The molecule has 0 aliphatic carbocycles. The van der Waals surface area contributed by atoms with Gasteiger partial charge in [-0.15, -0.1) is 5.10 Å². The van der Waals surface area contributed by atoms with Crippen molar-refractivity contribution >= 4 is 18.2 Å². The van der Waals surface area contributed by atoms with Crippen LogP contribution in [0.15, 0.2) is 22.6 Å². The quantitative estimate of drug-likeness (QED) is 0.552. The fraction of sp³-hybridized carbons (Fsp3) is 0.526. The Labute approximate surface area is 169 Å². The molecule has 1 N–H and O–H groups in total. The number of ether oxygens (including phenoxy) is 3. The summed E-state index contributed by atoms with van der Waals surface area (Å²) in [6.07, 6.45) is 1.83. The predicted molar refractivity (Wildman–Crippen MR) is 104 cm³/mol. The SMILES string of the molecule is CCOC(=O)[C@H]1CCC[NH+](Cn2nc(-c3ccc(OC)c(OC)c3)oc2=S)C1. The van der Waals surface area contributed by atoms with Gasteiger partial charge in [-0.2, -0.15) is 4.68 Å². The molecule has 1 fully saturated rings. The Balaban J connectivity index is 1.74. The summed E-state index contributed by atoms with van der Waals surface area (Å²) in [5, 5.41) is 4.52. The Hall–Kier alpha value is -2.39. The predicted octanol–water partition coefficient (Wildman–Crippen LogP) is 1.71. The van der Waals surface area contributed by atoms with Crippen molar-refractivity contribution in [2.75, 3.05) is 33.9 Å². The zero-order valence-electron chi connectivity index (χ0n) is 16.4. The second-order valence-electron chi connectivity index (χ2n) is 6.70. The molecule has 1 unspecified atom stereocenters. The lowest BCUT2D eigenvalue weighted by atomic mass is 9.99. The second-order valence-corrected chi connectivity index (χ2v) is 7.05.